The maximum absolute atomic E-state index is 6.24. The molecule has 5 nitrogen and oxygen atoms in total. The third-order valence-electron chi connectivity index (χ3n) is 4.49. The molecule has 25 heavy (non-hydrogen) atoms. The second kappa shape index (κ2) is 11.9. The maximum atomic E-state index is 6.24. The second-order valence-electron chi connectivity index (χ2n) is 5.81. The lowest BCUT2D eigenvalue weighted by Gasteiger charge is -2.31. The largest absolute Gasteiger partial charge is 0.497 e. The van der Waals surface area contributed by atoms with Gasteiger partial charge in [-0.3, -0.25) is 9.89 Å². The molecule has 0 bridgehead atoms. The molecule has 1 fully saturated rings. The molecule has 1 unspecified atom stereocenters. The van der Waals surface area contributed by atoms with Crippen LogP contribution in [0.2, 0.25) is 0 Å². The van der Waals surface area contributed by atoms with Gasteiger partial charge in [-0.2, -0.15) is 11.8 Å². The highest BCUT2D eigenvalue weighted by molar-refractivity contribution is 14.0. The van der Waals surface area contributed by atoms with E-state index in [0.29, 0.717) is 12.5 Å². The van der Waals surface area contributed by atoms with Crippen LogP contribution in [0.1, 0.15) is 25.5 Å². The van der Waals surface area contributed by atoms with E-state index in [1.807, 2.05) is 23.9 Å². The zero-order valence-corrected chi connectivity index (χ0v) is 18.6. The molecule has 1 saturated heterocycles. The fourth-order valence-electron chi connectivity index (χ4n) is 3.02. The number of rotatable bonds is 7. The monoisotopic (exact) mass is 478 g/mol. The van der Waals surface area contributed by atoms with Crippen LogP contribution in [0.4, 0.5) is 0 Å². The molecule has 142 valence electrons. The molecule has 0 amide bonds. The average Bonchev–Trinajstić information content (AvgIpc) is 2.65. The van der Waals surface area contributed by atoms with E-state index >= 15 is 0 Å². The molecule has 0 aromatic heterocycles. The van der Waals surface area contributed by atoms with Gasteiger partial charge in [0, 0.05) is 24.6 Å². The molecule has 0 spiro atoms. The molecule has 2 rings (SSSR count). The summed E-state index contributed by atoms with van der Waals surface area (Å²) in [5, 5.41) is 0. The standard InChI is InChI=1S/C18H30N4OS.HI/c1-4-21(5-2)17(15-7-6-8-16(13-15)23-3)14-20-18(19)22-9-11-24-12-10-22;/h6-8,13,17H,4-5,9-12,14H2,1-3H3,(H2,19,20);1H. The van der Waals surface area contributed by atoms with Gasteiger partial charge in [-0.05, 0) is 30.8 Å². The number of hydrogen-bond acceptors (Lipinski definition) is 4. The first kappa shape index (κ1) is 22.4. The lowest BCUT2D eigenvalue weighted by atomic mass is 10.0. The SMILES string of the molecule is CCN(CC)C(CN=C(N)N1CCSCC1)c1cccc(OC)c1.I. The summed E-state index contributed by atoms with van der Waals surface area (Å²) in [4.78, 5) is 9.34. The first-order chi connectivity index (χ1) is 11.7. The van der Waals surface area contributed by atoms with Gasteiger partial charge in [0.2, 0.25) is 0 Å². The summed E-state index contributed by atoms with van der Waals surface area (Å²) < 4.78 is 5.38. The van der Waals surface area contributed by atoms with E-state index < -0.39 is 0 Å². The Morgan fingerprint density at radius 1 is 1.32 bits per heavy atom. The van der Waals surface area contributed by atoms with Crippen LogP contribution in [-0.4, -0.2) is 67.1 Å². The first-order valence-corrected chi connectivity index (χ1v) is 9.85. The van der Waals surface area contributed by atoms with Crippen LogP contribution in [0.15, 0.2) is 29.3 Å². The van der Waals surface area contributed by atoms with Crippen molar-refractivity contribution in [3.8, 4) is 5.75 Å². The number of guanidine groups is 1. The van der Waals surface area contributed by atoms with Crippen molar-refractivity contribution in [1.82, 2.24) is 9.80 Å². The average molecular weight is 478 g/mol. The van der Waals surface area contributed by atoms with Gasteiger partial charge in [0.05, 0.1) is 19.7 Å². The van der Waals surface area contributed by atoms with E-state index in [-0.39, 0.29) is 30.0 Å². The number of aliphatic imine (C=N–C) groups is 1. The van der Waals surface area contributed by atoms with Crippen LogP contribution in [0.3, 0.4) is 0 Å². The Bertz CT molecular complexity index is 534. The van der Waals surface area contributed by atoms with Crippen LogP contribution in [0, 0.1) is 0 Å². The third kappa shape index (κ3) is 6.53. The van der Waals surface area contributed by atoms with Crippen molar-refractivity contribution in [2.24, 2.45) is 10.7 Å². The number of thioether (sulfide) groups is 1. The van der Waals surface area contributed by atoms with Gasteiger partial charge in [-0.1, -0.05) is 26.0 Å². The summed E-state index contributed by atoms with van der Waals surface area (Å²) in [6.45, 7) is 8.99. The van der Waals surface area contributed by atoms with Gasteiger partial charge in [-0.15, -0.1) is 24.0 Å². The van der Waals surface area contributed by atoms with Gasteiger partial charge >= 0.3 is 0 Å². The summed E-state index contributed by atoms with van der Waals surface area (Å²) in [7, 11) is 1.70. The summed E-state index contributed by atoms with van der Waals surface area (Å²) >= 11 is 1.98. The van der Waals surface area contributed by atoms with Crippen LogP contribution in [0.5, 0.6) is 5.75 Å². The van der Waals surface area contributed by atoms with Crippen LogP contribution >= 0.6 is 35.7 Å². The van der Waals surface area contributed by atoms with E-state index in [1.54, 1.807) is 7.11 Å². The molecule has 1 atom stereocenters. The second-order valence-corrected chi connectivity index (χ2v) is 7.04. The number of nitrogens with zero attached hydrogens (tertiary/aromatic N) is 3. The van der Waals surface area contributed by atoms with Crippen LogP contribution < -0.4 is 10.5 Å². The number of halogens is 1. The molecular formula is C18H31IN4OS. The molecule has 1 aliphatic heterocycles. The summed E-state index contributed by atoms with van der Waals surface area (Å²) in [6.07, 6.45) is 0. The Morgan fingerprint density at radius 2 is 2.00 bits per heavy atom. The minimum Gasteiger partial charge on any atom is -0.497 e. The van der Waals surface area contributed by atoms with Crippen molar-refractivity contribution < 1.29 is 4.74 Å². The number of benzene rings is 1. The van der Waals surface area contributed by atoms with E-state index in [0.717, 1.165) is 43.4 Å². The summed E-state index contributed by atoms with van der Waals surface area (Å²) in [5.41, 5.74) is 7.46. The Morgan fingerprint density at radius 3 is 2.60 bits per heavy atom. The number of likely N-dealkylation sites (N-methyl/N-ethyl adjacent to an activating group) is 1. The van der Waals surface area contributed by atoms with Crippen molar-refractivity contribution in [3.05, 3.63) is 29.8 Å². The Labute approximate surface area is 173 Å². The minimum absolute atomic E-state index is 0. The quantitative estimate of drug-likeness (QED) is 0.371. The van der Waals surface area contributed by atoms with Gasteiger partial charge in [0.15, 0.2) is 5.96 Å². The molecule has 1 aromatic carbocycles. The number of ether oxygens (including phenoxy) is 1. The van der Waals surface area contributed by atoms with Crippen molar-refractivity contribution >= 4 is 41.7 Å². The zero-order chi connectivity index (χ0) is 17.4. The third-order valence-corrected chi connectivity index (χ3v) is 5.44. The Balaban J connectivity index is 0.00000312. The Hall–Kier alpha value is -0.670. The predicted octanol–water partition coefficient (Wildman–Crippen LogP) is 3.06. The smallest absolute Gasteiger partial charge is 0.191 e. The molecule has 1 heterocycles. The van der Waals surface area contributed by atoms with Gasteiger partial charge in [-0.25, -0.2) is 0 Å². The highest BCUT2D eigenvalue weighted by atomic mass is 127. The molecule has 1 aromatic rings. The van der Waals surface area contributed by atoms with Gasteiger partial charge in [0.25, 0.3) is 0 Å². The lowest BCUT2D eigenvalue weighted by molar-refractivity contribution is 0.223. The summed E-state index contributed by atoms with van der Waals surface area (Å²) in [6, 6.07) is 8.49. The van der Waals surface area contributed by atoms with Crippen molar-refractivity contribution in [2.45, 2.75) is 19.9 Å². The Kier molecular flexibility index (Phi) is 10.6. The van der Waals surface area contributed by atoms with E-state index in [4.69, 9.17) is 15.5 Å². The number of nitrogens with two attached hydrogens (primary N) is 1. The maximum Gasteiger partial charge on any atom is 0.191 e. The highest BCUT2D eigenvalue weighted by Gasteiger charge is 2.19. The normalized spacial score (nSPS) is 16.5. The lowest BCUT2D eigenvalue weighted by Crippen LogP contribution is -2.43. The molecule has 2 N–H and O–H groups in total. The van der Waals surface area contributed by atoms with E-state index in [9.17, 15) is 0 Å². The van der Waals surface area contributed by atoms with Gasteiger partial charge in [0.1, 0.15) is 5.75 Å². The molecule has 0 radical (unpaired) electrons. The fraction of sp³-hybridized carbons (Fsp3) is 0.611. The predicted molar refractivity (Wildman–Crippen MR) is 119 cm³/mol. The molecule has 0 saturated carbocycles. The number of hydrogen-bond donors (Lipinski definition) is 1. The minimum atomic E-state index is 0. The van der Waals surface area contributed by atoms with E-state index in [1.165, 1.54) is 5.56 Å². The van der Waals surface area contributed by atoms with Crippen molar-refractivity contribution in [2.75, 3.05) is 51.3 Å². The zero-order valence-electron chi connectivity index (χ0n) is 15.5. The van der Waals surface area contributed by atoms with E-state index in [2.05, 4.69) is 35.8 Å². The fourth-order valence-corrected chi connectivity index (χ4v) is 3.92. The molecular weight excluding hydrogens is 447 g/mol. The first-order valence-electron chi connectivity index (χ1n) is 8.70. The molecule has 7 heteroatoms. The van der Waals surface area contributed by atoms with Crippen LogP contribution in [-0.2, 0) is 0 Å². The van der Waals surface area contributed by atoms with Crippen molar-refractivity contribution in [3.63, 3.8) is 0 Å². The number of methoxy groups -OCH3 is 1. The highest BCUT2D eigenvalue weighted by Crippen LogP contribution is 2.24. The van der Waals surface area contributed by atoms with Crippen LogP contribution in [0.25, 0.3) is 0 Å². The summed E-state index contributed by atoms with van der Waals surface area (Å²) in [5.74, 6) is 3.82. The molecule has 1 aliphatic rings. The van der Waals surface area contributed by atoms with Crippen molar-refractivity contribution in [1.29, 1.82) is 0 Å². The van der Waals surface area contributed by atoms with Gasteiger partial charge < -0.3 is 15.4 Å². The topological polar surface area (TPSA) is 54.1 Å². The molecule has 0 aliphatic carbocycles.